The number of hydrogen-bond acceptors (Lipinski definition) is 2. The minimum atomic E-state index is -0.0355. The third-order valence-electron chi connectivity index (χ3n) is 7.02. The first-order valence-electron chi connectivity index (χ1n) is 8.94. The second-order valence-corrected chi connectivity index (χ2v) is 7.76. The van der Waals surface area contributed by atoms with E-state index in [4.69, 9.17) is 5.73 Å². The van der Waals surface area contributed by atoms with Gasteiger partial charge < -0.3 is 11.1 Å². The molecular formula is C18H28N2O. The molecule has 3 nitrogen and oxygen atoms in total. The number of primary amides is 1. The lowest BCUT2D eigenvalue weighted by Crippen LogP contribution is -2.41. The highest BCUT2D eigenvalue weighted by Crippen LogP contribution is 2.56. The van der Waals surface area contributed by atoms with Gasteiger partial charge in [0.2, 0.25) is 5.91 Å². The van der Waals surface area contributed by atoms with Gasteiger partial charge in [-0.25, -0.2) is 0 Å². The molecule has 1 aliphatic heterocycles. The molecule has 0 aromatic rings. The first-order chi connectivity index (χ1) is 10.3. The van der Waals surface area contributed by atoms with Gasteiger partial charge in [0.05, 0.1) is 0 Å². The van der Waals surface area contributed by atoms with Crippen LogP contribution in [0.1, 0.15) is 44.9 Å². The molecule has 1 saturated heterocycles. The maximum absolute atomic E-state index is 11.7. The number of fused-ring (bicyclic) bond motifs is 5. The van der Waals surface area contributed by atoms with Gasteiger partial charge in [0.15, 0.2) is 0 Å². The van der Waals surface area contributed by atoms with Gasteiger partial charge in [-0.3, -0.25) is 4.79 Å². The number of carbonyl (C=O) groups excluding carboxylic acids is 1. The molecule has 1 heterocycles. The number of amides is 1. The summed E-state index contributed by atoms with van der Waals surface area (Å²) in [7, 11) is 0. The van der Waals surface area contributed by atoms with E-state index >= 15 is 0 Å². The van der Waals surface area contributed by atoms with E-state index in [9.17, 15) is 4.79 Å². The summed E-state index contributed by atoms with van der Waals surface area (Å²) in [6.07, 6.45) is 11.4. The highest BCUT2D eigenvalue weighted by atomic mass is 16.1. The topological polar surface area (TPSA) is 55.1 Å². The second-order valence-electron chi connectivity index (χ2n) is 7.76. The highest BCUT2D eigenvalue weighted by Gasteiger charge is 2.50. The van der Waals surface area contributed by atoms with Crippen LogP contribution in [0.15, 0.2) is 11.6 Å². The van der Waals surface area contributed by atoms with Gasteiger partial charge in [-0.1, -0.05) is 11.6 Å². The molecule has 6 atom stereocenters. The Morgan fingerprint density at radius 2 is 1.86 bits per heavy atom. The number of nitrogens with two attached hydrogens (primary N) is 1. The van der Waals surface area contributed by atoms with Crippen LogP contribution in [0.2, 0.25) is 0 Å². The normalized spacial score (nSPS) is 45.8. The first kappa shape index (κ1) is 13.8. The fraction of sp³-hybridized carbons (Fsp3) is 0.833. The lowest BCUT2D eigenvalue weighted by atomic mass is 9.58. The summed E-state index contributed by atoms with van der Waals surface area (Å²) in [6.45, 7) is 2.30. The molecule has 2 saturated carbocycles. The van der Waals surface area contributed by atoms with Crippen LogP contribution in [0.5, 0.6) is 0 Å². The minimum Gasteiger partial charge on any atom is -0.369 e. The van der Waals surface area contributed by atoms with Gasteiger partial charge in [0.1, 0.15) is 0 Å². The Balaban J connectivity index is 1.57. The van der Waals surface area contributed by atoms with Crippen LogP contribution in [-0.4, -0.2) is 19.0 Å². The Labute approximate surface area is 127 Å². The zero-order chi connectivity index (χ0) is 14.4. The van der Waals surface area contributed by atoms with Crippen molar-refractivity contribution in [1.29, 1.82) is 0 Å². The number of hydrogen-bond donors (Lipinski definition) is 2. The van der Waals surface area contributed by atoms with Crippen LogP contribution in [0.4, 0.5) is 0 Å². The van der Waals surface area contributed by atoms with Crippen molar-refractivity contribution in [2.24, 2.45) is 41.2 Å². The van der Waals surface area contributed by atoms with Crippen LogP contribution < -0.4 is 11.1 Å². The fourth-order valence-corrected chi connectivity index (χ4v) is 6.16. The first-order valence-corrected chi connectivity index (χ1v) is 8.94. The molecule has 4 rings (SSSR count). The van der Waals surface area contributed by atoms with Crippen molar-refractivity contribution in [3.8, 4) is 0 Å². The van der Waals surface area contributed by atoms with Gasteiger partial charge >= 0.3 is 0 Å². The summed E-state index contributed by atoms with van der Waals surface area (Å²) in [5.74, 6) is 4.06. The van der Waals surface area contributed by atoms with E-state index < -0.39 is 0 Å². The molecule has 1 amide bonds. The molecule has 21 heavy (non-hydrogen) atoms. The Morgan fingerprint density at radius 3 is 2.71 bits per heavy atom. The zero-order valence-corrected chi connectivity index (χ0v) is 12.9. The lowest BCUT2D eigenvalue weighted by Gasteiger charge is -2.47. The van der Waals surface area contributed by atoms with E-state index in [1.807, 2.05) is 0 Å². The number of rotatable bonds is 1. The van der Waals surface area contributed by atoms with E-state index in [-0.39, 0.29) is 11.8 Å². The van der Waals surface area contributed by atoms with E-state index in [0.717, 1.165) is 36.6 Å². The van der Waals surface area contributed by atoms with Gasteiger partial charge in [0.25, 0.3) is 0 Å². The smallest absolute Gasteiger partial charge is 0.220 e. The summed E-state index contributed by atoms with van der Waals surface area (Å²) in [5, 5.41) is 3.58. The minimum absolute atomic E-state index is 0.0355. The highest BCUT2D eigenvalue weighted by molar-refractivity contribution is 5.77. The predicted octanol–water partition coefficient (Wildman–Crippen LogP) is 2.47. The van der Waals surface area contributed by atoms with E-state index in [0.29, 0.717) is 5.92 Å². The molecule has 4 aliphatic rings. The van der Waals surface area contributed by atoms with E-state index in [1.54, 1.807) is 5.57 Å². The van der Waals surface area contributed by atoms with Crippen molar-refractivity contribution >= 4 is 5.91 Å². The quantitative estimate of drug-likeness (QED) is 0.728. The van der Waals surface area contributed by atoms with Crippen LogP contribution in [0, 0.1) is 35.5 Å². The molecule has 0 aromatic heterocycles. The SMILES string of the molecule is NC(=O)C1CCC2C1CCC1C3CCCNCC3=CCC12. The Bertz CT molecular complexity index is 458. The van der Waals surface area contributed by atoms with Crippen LogP contribution in [0.3, 0.4) is 0 Å². The number of nitrogens with one attached hydrogen (secondary N) is 1. The van der Waals surface area contributed by atoms with Crippen LogP contribution in [-0.2, 0) is 4.79 Å². The molecule has 0 bridgehead atoms. The molecule has 0 spiro atoms. The molecule has 0 aromatic carbocycles. The zero-order valence-electron chi connectivity index (χ0n) is 12.9. The number of carbonyl (C=O) groups is 1. The summed E-state index contributed by atoms with van der Waals surface area (Å²) in [5.41, 5.74) is 7.33. The summed E-state index contributed by atoms with van der Waals surface area (Å²) in [6, 6.07) is 0. The Morgan fingerprint density at radius 1 is 1.05 bits per heavy atom. The molecular weight excluding hydrogens is 260 g/mol. The van der Waals surface area contributed by atoms with Crippen molar-refractivity contribution in [1.82, 2.24) is 5.32 Å². The molecule has 3 heteroatoms. The molecule has 6 unspecified atom stereocenters. The predicted molar refractivity (Wildman–Crippen MR) is 83.4 cm³/mol. The molecule has 3 aliphatic carbocycles. The molecule has 3 N–H and O–H groups in total. The average Bonchev–Trinajstić information content (AvgIpc) is 2.77. The monoisotopic (exact) mass is 288 g/mol. The van der Waals surface area contributed by atoms with Crippen LogP contribution >= 0.6 is 0 Å². The Hall–Kier alpha value is -0.830. The van der Waals surface area contributed by atoms with Gasteiger partial charge in [-0.15, -0.1) is 0 Å². The maximum atomic E-state index is 11.7. The summed E-state index contributed by atoms with van der Waals surface area (Å²) < 4.78 is 0. The van der Waals surface area contributed by atoms with E-state index in [2.05, 4.69) is 11.4 Å². The van der Waals surface area contributed by atoms with Gasteiger partial charge in [0, 0.05) is 12.5 Å². The lowest BCUT2D eigenvalue weighted by molar-refractivity contribution is -0.123. The molecule has 116 valence electrons. The fourth-order valence-electron chi connectivity index (χ4n) is 6.16. The van der Waals surface area contributed by atoms with Crippen LogP contribution in [0.25, 0.3) is 0 Å². The second kappa shape index (κ2) is 5.42. The van der Waals surface area contributed by atoms with Gasteiger partial charge in [-0.05, 0) is 81.1 Å². The van der Waals surface area contributed by atoms with Crippen molar-refractivity contribution in [3.05, 3.63) is 11.6 Å². The van der Waals surface area contributed by atoms with Crippen molar-refractivity contribution in [3.63, 3.8) is 0 Å². The third-order valence-corrected chi connectivity index (χ3v) is 7.02. The van der Waals surface area contributed by atoms with E-state index in [1.165, 1.54) is 45.1 Å². The van der Waals surface area contributed by atoms with Crippen molar-refractivity contribution < 1.29 is 4.79 Å². The molecule has 0 radical (unpaired) electrons. The average molecular weight is 288 g/mol. The van der Waals surface area contributed by atoms with Gasteiger partial charge in [-0.2, -0.15) is 0 Å². The largest absolute Gasteiger partial charge is 0.369 e. The summed E-state index contributed by atoms with van der Waals surface area (Å²) >= 11 is 0. The third kappa shape index (κ3) is 2.25. The summed E-state index contributed by atoms with van der Waals surface area (Å²) in [4.78, 5) is 11.7. The van der Waals surface area contributed by atoms with Crippen molar-refractivity contribution in [2.75, 3.05) is 13.1 Å². The van der Waals surface area contributed by atoms with Crippen molar-refractivity contribution in [2.45, 2.75) is 44.9 Å². The molecule has 3 fully saturated rings. The standard InChI is InChI=1S/C18H28N2O/c19-18(21)17-8-7-15-14-4-3-11-10-20-9-1-2-12(11)13(14)5-6-16(15)17/h3,12-17,20H,1-2,4-10H2,(H2,19,21). The number of allylic oxidation sites excluding steroid dienone is 1. The maximum Gasteiger partial charge on any atom is 0.220 e. The Kier molecular flexibility index (Phi) is 3.56.